The first-order valence-corrected chi connectivity index (χ1v) is 42.0. The lowest BCUT2D eigenvalue weighted by molar-refractivity contribution is -0.330. The first kappa shape index (κ1) is 92.9. The van der Waals surface area contributed by atoms with Crippen molar-refractivity contribution in [2.24, 2.45) is 17.6 Å². The molecular formula is C84H90Cl4IN9O26. The molecule has 1 aliphatic carbocycles. The van der Waals surface area contributed by atoms with Gasteiger partial charge in [0.15, 0.2) is 29.9 Å². The third-order valence-corrected chi connectivity index (χ3v) is 24.0. The molecule has 40 heteroatoms. The van der Waals surface area contributed by atoms with Gasteiger partial charge in [-0.25, -0.2) is 9.59 Å². The number of amides is 8. The van der Waals surface area contributed by atoms with Crippen molar-refractivity contribution in [2.45, 2.75) is 176 Å². The molecule has 6 aromatic carbocycles. The predicted octanol–water partition coefficient (Wildman–Crippen LogP) is 6.59. The average molecular weight is 1910 g/mol. The number of carbonyl (C=O) groups excluding carboxylic acids is 8. The Hall–Kier alpha value is -10.3. The minimum Gasteiger partial charge on any atom is -0.508 e. The summed E-state index contributed by atoms with van der Waals surface area (Å²) >= 11 is 28.7. The van der Waals surface area contributed by atoms with Crippen LogP contribution in [-0.2, 0) is 70.5 Å². The summed E-state index contributed by atoms with van der Waals surface area (Å²) in [4.78, 5) is 134. The molecule has 9 unspecified atom stereocenters. The molecule has 0 radical (unpaired) electrons. The van der Waals surface area contributed by atoms with Gasteiger partial charge >= 0.3 is 12.1 Å². The van der Waals surface area contributed by atoms with Gasteiger partial charge in [0, 0.05) is 58.7 Å². The molecule has 35 nitrogen and oxygen atoms in total. The van der Waals surface area contributed by atoms with Crippen molar-refractivity contribution in [1.82, 2.24) is 42.1 Å². The normalized spacial score (nSPS) is 27.3. The number of benzene rings is 6. The molecule has 14 rings (SSSR count). The summed E-state index contributed by atoms with van der Waals surface area (Å²) in [7, 11) is 1.24. The number of hydrogen-bond acceptors (Lipinski definition) is 26. The fourth-order valence-corrected chi connectivity index (χ4v) is 16.7. The van der Waals surface area contributed by atoms with Crippen LogP contribution >= 0.6 is 69.0 Å². The molecule has 8 amide bonds. The highest BCUT2D eigenvalue weighted by Gasteiger charge is 2.53. The van der Waals surface area contributed by atoms with E-state index in [1.807, 2.05) is 34.7 Å². The Morgan fingerprint density at radius 2 is 1.43 bits per heavy atom. The number of ether oxygens (including phenoxy) is 8. The number of allylic oxidation sites excluding steroid dienone is 2. The zero-order valence-electron chi connectivity index (χ0n) is 66.8. The summed E-state index contributed by atoms with van der Waals surface area (Å²) in [6, 6.07) is 7.67. The third-order valence-electron chi connectivity index (χ3n) is 21.8. The van der Waals surface area contributed by atoms with E-state index >= 15 is 24.0 Å². The summed E-state index contributed by atoms with van der Waals surface area (Å²) in [6.45, 7) is 10.4. The van der Waals surface area contributed by atoms with E-state index in [9.17, 15) is 65.1 Å². The highest BCUT2D eigenvalue weighted by molar-refractivity contribution is 14.1. The van der Waals surface area contributed by atoms with Crippen molar-refractivity contribution in [3.63, 3.8) is 0 Å². The van der Waals surface area contributed by atoms with Crippen LogP contribution in [-0.4, -0.2) is 207 Å². The first-order valence-electron chi connectivity index (χ1n) is 39.0. The molecule has 11 bridgehead atoms. The molecule has 6 aromatic rings. The quantitative estimate of drug-likeness (QED) is 0.0205. The highest BCUT2D eigenvalue weighted by atomic mass is 127. The van der Waals surface area contributed by atoms with Crippen LogP contribution < -0.4 is 61.9 Å². The van der Waals surface area contributed by atoms with E-state index in [4.69, 9.17) is 90.0 Å². The molecule has 8 aliphatic rings. The van der Waals surface area contributed by atoms with Crippen LogP contribution in [0.25, 0.3) is 11.1 Å². The second kappa shape index (κ2) is 39.5. The van der Waals surface area contributed by atoms with Gasteiger partial charge in [0.1, 0.15) is 102 Å². The van der Waals surface area contributed by atoms with Gasteiger partial charge in [-0.1, -0.05) is 132 Å². The average Bonchev–Trinajstić information content (AvgIpc) is 0.761. The number of phenolic OH excluding ortho intramolecular Hbond substituents is 3. The summed E-state index contributed by atoms with van der Waals surface area (Å²) in [5.41, 5.74) is 3.50. The summed E-state index contributed by atoms with van der Waals surface area (Å²) in [5.74, 6) is -17.2. The maximum absolute atomic E-state index is 16.3. The topological polar surface area (TPSA) is 523 Å². The number of primary amides is 1. The number of aliphatic hydroxyl groups is 5. The van der Waals surface area contributed by atoms with Crippen molar-refractivity contribution < 1.29 is 127 Å². The van der Waals surface area contributed by atoms with E-state index in [0.717, 1.165) is 64.6 Å². The number of fused-ring (bicyclic) bond motifs is 14. The molecule has 2 fully saturated rings. The van der Waals surface area contributed by atoms with Gasteiger partial charge in [-0.2, -0.15) is 0 Å². The van der Waals surface area contributed by atoms with Crippen LogP contribution in [0.5, 0.6) is 46.0 Å². The minimum atomic E-state index is -2.38. The summed E-state index contributed by atoms with van der Waals surface area (Å²) < 4.78 is 51.4. The number of nitrogens with one attached hydrogen (secondary N) is 7. The number of carbonyl (C=O) groups is 9. The Kier molecular flexibility index (Phi) is 29.6. The van der Waals surface area contributed by atoms with Crippen molar-refractivity contribution in [3.05, 3.63) is 187 Å². The predicted molar refractivity (Wildman–Crippen MR) is 452 cm³/mol. The number of aliphatic hydroxyl groups excluding tert-OH is 5. The smallest absolute Gasteiger partial charge is 0.410 e. The van der Waals surface area contributed by atoms with Crippen LogP contribution in [0.15, 0.2) is 139 Å². The summed E-state index contributed by atoms with van der Waals surface area (Å²) in [5, 5.41) is 125. The number of nitrogens with two attached hydrogens (primary N) is 1. The minimum absolute atomic E-state index is 0.0379. The van der Waals surface area contributed by atoms with Crippen LogP contribution in [0.4, 0.5) is 4.79 Å². The molecule has 662 valence electrons. The largest absolute Gasteiger partial charge is 0.508 e. The van der Waals surface area contributed by atoms with Gasteiger partial charge in [-0.05, 0) is 133 Å². The van der Waals surface area contributed by atoms with Gasteiger partial charge in [0.05, 0.1) is 50.9 Å². The molecule has 124 heavy (non-hydrogen) atoms. The van der Waals surface area contributed by atoms with E-state index < -0.39 is 237 Å². The standard InChI is InChI=1S/C84H90Cl4IN9O26/c1-7-20-117-83(116)98(6)52(21-35(2)3)76(109)96-66-68(103)40-12-18-55(49(87)24-40)120-57-26-42-27-58(72(57)124-82-73(71(106)70(105)59(32-89)122-82)123-61-31-84(5,74(107)36(4)119-61)91-33-37-8-14-44(15-9-37)118-34-38-10-16-47(85)48(86)22-38)121-56-19-13-41(25-50(56)88)69(104)67-80(113)95-65(81(114)115)46-28-43(99)29-54(101)62(46)45-23-39(11-17-53(45)100)63(77(110)97-67)94-78(111)64(42)93-75(108)51(30-60(90)102)92-79(66)112/h7-12,14-19,22-29,35-36,41,51-52,59,61,63-71,73-74,82,91,99-101,103-107H,1,13,20-21,30-34H2,2-6H3,(H2,90,102)(H,92,112)(H,93,108)(H,94,111)(H,95,113)(H,96,109)(H,97,110)(H,114,115)/t36?,41-,51-,52+,59?,61?,63+,64+,65+,66+,67-,68+,69+,70?,71?,73?,74?,82?,84?/m0/s1. The number of halogens is 5. The summed E-state index contributed by atoms with van der Waals surface area (Å²) in [6.07, 6.45) is -15.6. The number of rotatable bonds is 21. The molecule has 0 aromatic heterocycles. The van der Waals surface area contributed by atoms with Crippen LogP contribution in [0.1, 0.15) is 111 Å². The van der Waals surface area contributed by atoms with Crippen molar-refractivity contribution in [1.29, 1.82) is 0 Å². The number of alkyl halides is 1. The maximum atomic E-state index is 16.3. The molecule has 7 aliphatic heterocycles. The lowest BCUT2D eigenvalue weighted by Gasteiger charge is -2.48. The van der Waals surface area contributed by atoms with Gasteiger partial charge in [0.2, 0.25) is 53.4 Å². The van der Waals surface area contributed by atoms with E-state index in [1.54, 1.807) is 58.0 Å². The van der Waals surface area contributed by atoms with Crippen LogP contribution in [0, 0.1) is 11.8 Å². The lowest BCUT2D eigenvalue weighted by Crippen LogP contribution is -2.65. The van der Waals surface area contributed by atoms with Gasteiger partial charge in [0.25, 0.3) is 0 Å². The number of carboxylic acids is 1. The number of aliphatic carboxylic acids is 1. The van der Waals surface area contributed by atoms with Crippen LogP contribution in [0.2, 0.25) is 15.1 Å². The van der Waals surface area contributed by atoms with Gasteiger partial charge in [-0.3, -0.25) is 38.5 Å². The zero-order valence-corrected chi connectivity index (χ0v) is 71.9. The number of aromatic hydroxyl groups is 3. The molecule has 0 spiro atoms. The first-order chi connectivity index (χ1) is 58.8. The second-order valence-corrected chi connectivity index (χ2v) is 33.6. The Morgan fingerprint density at radius 1 is 0.742 bits per heavy atom. The zero-order chi connectivity index (χ0) is 89.8. The van der Waals surface area contributed by atoms with Crippen LogP contribution in [0.3, 0.4) is 0 Å². The fraction of sp³-hybridized carbons (Fsp3) is 0.393. The van der Waals surface area contributed by atoms with Crippen molar-refractivity contribution >= 4 is 122 Å². The Balaban J connectivity index is 1.01. The molecule has 0 saturated carbocycles. The molecule has 2 saturated heterocycles. The molecule has 19 atom stereocenters. The van der Waals surface area contributed by atoms with E-state index in [0.29, 0.717) is 15.8 Å². The Bertz CT molecular complexity index is 5190. The molecule has 7 heterocycles. The van der Waals surface area contributed by atoms with E-state index in [1.165, 1.54) is 37.4 Å². The molecular weight excluding hydrogens is 1820 g/mol. The van der Waals surface area contributed by atoms with E-state index in [2.05, 4.69) is 43.8 Å². The Morgan fingerprint density at radius 3 is 2.10 bits per heavy atom. The SMILES string of the molecule is C=CCOC(=O)N(C)[C@H](CC(C)C)C(=O)N[C@H]1C(=O)N[C@@H](CC(N)=O)C(=O)N[C@H]2C(=O)N[C@H]3C(=O)N[C@H](C(=O)N[C@@H](C(=O)O)c4cc(O)cc(O)c4-c4cc3ccc4O)[C@H](O)[C@@H]3C=C(Cl)C(=CC3)Oc3cc2cc(c3OC2OC(CI)C(O)C(O)C2OC2CC(C)(NCc3ccc(OCc4ccc(Cl)c(Cl)c4)cc3)C(O)C(C)O2)Oc2ccc(cc2Cl)[C@H]1O. The Labute approximate surface area is 742 Å². The maximum Gasteiger partial charge on any atom is 0.410 e. The van der Waals surface area contributed by atoms with Gasteiger partial charge in [-0.15, -0.1) is 0 Å². The highest BCUT2D eigenvalue weighted by Crippen LogP contribution is 2.50. The number of likely N-dealkylation sites (N-methyl/N-ethyl adjacent to an activating group) is 1. The lowest BCUT2D eigenvalue weighted by atomic mass is 9.84. The van der Waals surface area contributed by atoms with Crippen molar-refractivity contribution in [3.8, 4) is 57.1 Å². The second-order valence-electron chi connectivity index (χ2n) is 31.1. The number of phenols is 3. The monoisotopic (exact) mass is 1910 g/mol. The van der Waals surface area contributed by atoms with Crippen molar-refractivity contribution in [2.75, 3.05) is 18.1 Å². The molecule has 18 N–H and O–H groups in total. The fourth-order valence-electron chi connectivity index (χ4n) is 15.1. The number of nitrogens with zero attached hydrogens (tertiary/aromatic N) is 1. The number of carboxylic acid groups (broad SMARTS) is 1. The van der Waals surface area contributed by atoms with Gasteiger partial charge < -0.3 is 127 Å². The number of hydrogen-bond donors (Lipinski definition) is 17. The van der Waals surface area contributed by atoms with E-state index in [-0.39, 0.29) is 77.0 Å². The third kappa shape index (κ3) is 20.9.